The van der Waals surface area contributed by atoms with Crippen LogP contribution >= 0.6 is 15.9 Å². The molecule has 6 heteroatoms. The van der Waals surface area contributed by atoms with E-state index in [0.717, 1.165) is 22.9 Å². The van der Waals surface area contributed by atoms with Gasteiger partial charge in [-0.1, -0.05) is 0 Å². The molecule has 1 fully saturated rings. The number of rotatable bonds is 4. The fraction of sp³-hybridized carbons (Fsp3) is 0.368. The highest BCUT2D eigenvalue weighted by Gasteiger charge is 2.22. The summed E-state index contributed by atoms with van der Waals surface area (Å²) in [6.45, 7) is 1.79. The summed E-state index contributed by atoms with van der Waals surface area (Å²) in [5.41, 5.74) is 1.70. The van der Waals surface area contributed by atoms with E-state index < -0.39 is 0 Å². The number of ether oxygens (including phenoxy) is 2. The van der Waals surface area contributed by atoms with Crippen LogP contribution in [0.25, 0.3) is 11.1 Å². The number of nitrogens with zero attached hydrogens (tertiary/aromatic N) is 1. The summed E-state index contributed by atoms with van der Waals surface area (Å²) in [4.78, 5) is 14.7. The molecule has 0 spiro atoms. The molecule has 1 aliphatic carbocycles. The van der Waals surface area contributed by atoms with Gasteiger partial charge < -0.3 is 14.5 Å². The molecule has 0 atom stereocenters. The second-order valence-electron chi connectivity index (χ2n) is 6.20. The predicted molar refractivity (Wildman–Crippen MR) is 99.1 cm³/mol. The largest absolute Gasteiger partial charge is 0.493 e. The molecule has 0 aliphatic heterocycles. The van der Waals surface area contributed by atoms with Gasteiger partial charge in [0.05, 0.1) is 17.7 Å². The van der Waals surface area contributed by atoms with Gasteiger partial charge in [-0.2, -0.15) is 5.26 Å². The number of aromatic nitrogens is 1. The van der Waals surface area contributed by atoms with Gasteiger partial charge in [0.2, 0.25) is 0 Å². The van der Waals surface area contributed by atoms with Crippen molar-refractivity contribution in [2.45, 2.75) is 38.7 Å². The third-order valence-corrected chi connectivity index (χ3v) is 5.00. The van der Waals surface area contributed by atoms with Crippen molar-refractivity contribution in [3.63, 3.8) is 0 Å². The fourth-order valence-corrected chi connectivity index (χ4v) is 3.73. The van der Waals surface area contributed by atoms with E-state index in [1.807, 2.05) is 18.2 Å². The van der Waals surface area contributed by atoms with Crippen molar-refractivity contribution in [2.24, 2.45) is 0 Å². The van der Waals surface area contributed by atoms with E-state index in [1.165, 1.54) is 12.8 Å². The molecule has 5 nitrogen and oxygen atoms in total. The van der Waals surface area contributed by atoms with Crippen LogP contribution in [0.15, 0.2) is 27.5 Å². The first-order chi connectivity index (χ1) is 12.0. The number of methoxy groups -OCH3 is 1. The average molecular weight is 403 g/mol. The predicted octanol–water partition coefficient (Wildman–Crippen LogP) is 4.31. The van der Waals surface area contributed by atoms with Gasteiger partial charge in [0.15, 0.2) is 11.5 Å². The van der Waals surface area contributed by atoms with Crippen molar-refractivity contribution in [3.8, 4) is 28.7 Å². The molecular weight excluding hydrogens is 384 g/mol. The minimum atomic E-state index is -0.390. The molecule has 130 valence electrons. The Balaban J connectivity index is 2.09. The van der Waals surface area contributed by atoms with E-state index in [0.29, 0.717) is 22.8 Å². The van der Waals surface area contributed by atoms with Crippen molar-refractivity contribution in [3.05, 3.63) is 44.3 Å². The third kappa shape index (κ3) is 3.57. The fourth-order valence-electron chi connectivity index (χ4n) is 3.19. The number of halogens is 1. The van der Waals surface area contributed by atoms with Crippen molar-refractivity contribution in [1.82, 2.24) is 4.98 Å². The number of H-pyrrole nitrogens is 1. The van der Waals surface area contributed by atoms with Crippen LogP contribution in [0.3, 0.4) is 0 Å². The summed E-state index contributed by atoms with van der Waals surface area (Å²) in [7, 11) is 1.58. The topological polar surface area (TPSA) is 75.1 Å². The molecule has 0 radical (unpaired) electrons. The first kappa shape index (κ1) is 17.6. The van der Waals surface area contributed by atoms with Gasteiger partial charge in [0, 0.05) is 11.3 Å². The summed E-state index contributed by atoms with van der Waals surface area (Å²) in [5.74, 6) is 1.25. The van der Waals surface area contributed by atoms with Crippen LogP contribution in [0.2, 0.25) is 0 Å². The van der Waals surface area contributed by atoms with Gasteiger partial charge in [-0.15, -0.1) is 0 Å². The van der Waals surface area contributed by atoms with E-state index in [1.54, 1.807) is 20.1 Å². The first-order valence-electron chi connectivity index (χ1n) is 8.22. The number of aryl methyl sites for hydroxylation is 1. The molecule has 1 N–H and O–H groups in total. The van der Waals surface area contributed by atoms with Crippen LogP contribution in [-0.2, 0) is 0 Å². The average Bonchev–Trinajstić information content (AvgIpc) is 3.09. The minimum Gasteiger partial charge on any atom is -0.493 e. The number of hydrogen-bond donors (Lipinski definition) is 1. The normalized spacial score (nSPS) is 14.3. The van der Waals surface area contributed by atoms with E-state index in [9.17, 15) is 10.1 Å². The van der Waals surface area contributed by atoms with Crippen molar-refractivity contribution in [2.75, 3.05) is 7.11 Å². The van der Waals surface area contributed by atoms with Crippen LogP contribution in [-0.4, -0.2) is 18.2 Å². The maximum Gasteiger partial charge on any atom is 0.266 e. The molecule has 1 aliphatic rings. The molecule has 0 saturated heterocycles. The lowest BCUT2D eigenvalue weighted by molar-refractivity contribution is 0.199. The minimum absolute atomic E-state index is 0.0871. The number of nitrogens with one attached hydrogen (secondary N) is 1. The van der Waals surface area contributed by atoms with Gasteiger partial charge in [0.25, 0.3) is 5.56 Å². The lowest BCUT2D eigenvalue weighted by Crippen LogP contribution is -2.13. The molecule has 1 aromatic carbocycles. The van der Waals surface area contributed by atoms with Gasteiger partial charge in [-0.3, -0.25) is 4.79 Å². The number of benzene rings is 1. The van der Waals surface area contributed by atoms with Crippen molar-refractivity contribution >= 4 is 15.9 Å². The van der Waals surface area contributed by atoms with Crippen LogP contribution in [0.5, 0.6) is 11.5 Å². The molecule has 25 heavy (non-hydrogen) atoms. The van der Waals surface area contributed by atoms with Crippen molar-refractivity contribution in [1.29, 1.82) is 5.26 Å². The summed E-state index contributed by atoms with van der Waals surface area (Å²) >= 11 is 3.55. The maximum atomic E-state index is 12.1. The highest BCUT2D eigenvalue weighted by molar-refractivity contribution is 9.10. The van der Waals surface area contributed by atoms with E-state index in [4.69, 9.17) is 9.47 Å². The number of hydrogen-bond acceptors (Lipinski definition) is 4. The zero-order valence-corrected chi connectivity index (χ0v) is 15.8. The molecule has 3 rings (SSSR count). The summed E-state index contributed by atoms with van der Waals surface area (Å²) in [6, 6.07) is 7.45. The Morgan fingerprint density at radius 3 is 2.64 bits per heavy atom. The summed E-state index contributed by atoms with van der Waals surface area (Å²) < 4.78 is 12.4. The highest BCUT2D eigenvalue weighted by Crippen LogP contribution is 2.41. The van der Waals surface area contributed by atoms with Crippen LogP contribution in [0.1, 0.15) is 36.9 Å². The van der Waals surface area contributed by atoms with Crippen LogP contribution < -0.4 is 15.0 Å². The summed E-state index contributed by atoms with van der Waals surface area (Å²) in [5, 5.41) is 9.35. The Bertz CT molecular complexity index is 893. The lowest BCUT2D eigenvalue weighted by Gasteiger charge is -2.18. The first-order valence-corrected chi connectivity index (χ1v) is 9.01. The van der Waals surface area contributed by atoms with Crippen LogP contribution in [0.4, 0.5) is 0 Å². The monoisotopic (exact) mass is 402 g/mol. The van der Waals surface area contributed by atoms with Gasteiger partial charge in [-0.25, -0.2) is 0 Å². The van der Waals surface area contributed by atoms with Gasteiger partial charge in [-0.05, 0) is 72.3 Å². The Morgan fingerprint density at radius 1 is 1.28 bits per heavy atom. The Kier molecular flexibility index (Phi) is 5.14. The molecule has 1 aromatic heterocycles. The molecule has 0 unspecified atom stereocenters. The highest BCUT2D eigenvalue weighted by atomic mass is 79.9. The lowest BCUT2D eigenvalue weighted by atomic mass is 10.0. The standard InChI is InChI=1S/C19H19BrN2O3/c1-11-7-14(15(10-21)19(23)22-11)12-8-16(20)18(17(9-12)24-2)25-13-5-3-4-6-13/h7-9,13H,3-6H2,1-2H3,(H,22,23). The quantitative estimate of drug-likeness (QED) is 0.826. The maximum absolute atomic E-state index is 12.1. The number of pyridine rings is 1. The molecule has 0 amide bonds. The zero-order valence-electron chi connectivity index (χ0n) is 14.2. The van der Waals surface area contributed by atoms with E-state index in [2.05, 4.69) is 20.9 Å². The Labute approximate surface area is 154 Å². The Hall–Kier alpha value is -2.26. The molecular formula is C19H19BrN2O3. The van der Waals surface area contributed by atoms with Crippen molar-refractivity contribution < 1.29 is 9.47 Å². The molecule has 1 saturated carbocycles. The van der Waals surface area contributed by atoms with Gasteiger partial charge >= 0.3 is 0 Å². The number of aromatic amines is 1. The second kappa shape index (κ2) is 7.32. The molecule has 2 aromatic rings. The third-order valence-electron chi connectivity index (χ3n) is 4.41. The van der Waals surface area contributed by atoms with Crippen LogP contribution in [0, 0.1) is 18.3 Å². The van der Waals surface area contributed by atoms with E-state index >= 15 is 0 Å². The van der Waals surface area contributed by atoms with Gasteiger partial charge in [0.1, 0.15) is 11.6 Å². The summed E-state index contributed by atoms with van der Waals surface area (Å²) in [6.07, 6.45) is 4.65. The molecule has 0 bridgehead atoms. The zero-order chi connectivity index (χ0) is 18.0. The molecule has 1 heterocycles. The smallest absolute Gasteiger partial charge is 0.266 e. The Morgan fingerprint density at radius 2 is 2.00 bits per heavy atom. The number of nitriles is 1. The second-order valence-corrected chi connectivity index (χ2v) is 7.05. The SMILES string of the molecule is COc1cc(-c2cc(C)[nH]c(=O)c2C#N)cc(Br)c1OC1CCCC1. The van der Waals surface area contributed by atoms with E-state index in [-0.39, 0.29) is 17.2 Å².